The predicted molar refractivity (Wildman–Crippen MR) is 67.9 cm³/mol. The van der Waals surface area contributed by atoms with Gasteiger partial charge in [-0.3, -0.25) is 4.79 Å². The van der Waals surface area contributed by atoms with Crippen LogP contribution in [0.25, 0.3) is 0 Å². The second-order valence-electron chi connectivity index (χ2n) is 4.73. The average molecular weight is 247 g/mol. The van der Waals surface area contributed by atoms with Gasteiger partial charge in [-0.25, -0.2) is 0 Å². The summed E-state index contributed by atoms with van der Waals surface area (Å²) < 4.78 is 0. The molecule has 1 aliphatic carbocycles. The second kappa shape index (κ2) is 6.45. The van der Waals surface area contributed by atoms with Crippen LogP contribution in [-0.2, 0) is 4.79 Å². The monoisotopic (exact) mass is 246 g/mol. The van der Waals surface area contributed by atoms with Crippen LogP contribution in [-0.4, -0.2) is 36.5 Å². The molecule has 16 heavy (non-hydrogen) atoms. The van der Waals surface area contributed by atoms with E-state index in [1.807, 2.05) is 0 Å². The van der Waals surface area contributed by atoms with Crippen LogP contribution in [0.1, 0.15) is 39.0 Å². The first-order valence-electron chi connectivity index (χ1n) is 6.34. The summed E-state index contributed by atoms with van der Waals surface area (Å²) in [7, 11) is 0. The SMILES string of the molecule is CCN(C(=O)C1CCNCC1)C1CCC1.Cl. The van der Waals surface area contributed by atoms with E-state index in [-0.39, 0.29) is 12.4 Å². The van der Waals surface area contributed by atoms with Crippen LogP contribution in [0.4, 0.5) is 0 Å². The summed E-state index contributed by atoms with van der Waals surface area (Å²) in [5, 5.41) is 3.31. The van der Waals surface area contributed by atoms with E-state index < -0.39 is 0 Å². The lowest BCUT2D eigenvalue weighted by molar-refractivity contribution is -0.140. The van der Waals surface area contributed by atoms with Crippen molar-refractivity contribution in [3.8, 4) is 0 Å². The number of piperidine rings is 1. The number of carbonyl (C=O) groups is 1. The third kappa shape index (κ3) is 2.89. The van der Waals surface area contributed by atoms with E-state index in [9.17, 15) is 4.79 Å². The molecule has 0 radical (unpaired) electrons. The van der Waals surface area contributed by atoms with Crippen LogP contribution in [0, 0.1) is 5.92 Å². The van der Waals surface area contributed by atoms with Crippen molar-refractivity contribution in [2.75, 3.05) is 19.6 Å². The fourth-order valence-corrected chi connectivity index (χ4v) is 2.60. The molecule has 4 heteroatoms. The summed E-state index contributed by atoms with van der Waals surface area (Å²) in [5.41, 5.74) is 0. The first kappa shape index (κ1) is 13.8. The quantitative estimate of drug-likeness (QED) is 0.824. The molecule has 0 aromatic rings. The summed E-state index contributed by atoms with van der Waals surface area (Å²) >= 11 is 0. The van der Waals surface area contributed by atoms with Crippen molar-refractivity contribution in [2.24, 2.45) is 5.92 Å². The van der Waals surface area contributed by atoms with E-state index in [2.05, 4.69) is 17.1 Å². The molecule has 0 unspecified atom stereocenters. The molecule has 0 spiro atoms. The molecular formula is C12H23ClN2O. The summed E-state index contributed by atoms with van der Waals surface area (Å²) in [4.78, 5) is 14.4. The van der Waals surface area contributed by atoms with Crippen LogP contribution < -0.4 is 5.32 Å². The Morgan fingerprint density at radius 2 is 1.88 bits per heavy atom. The maximum Gasteiger partial charge on any atom is 0.226 e. The molecule has 0 atom stereocenters. The van der Waals surface area contributed by atoms with Gasteiger partial charge < -0.3 is 10.2 Å². The molecule has 2 aliphatic rings. The van der Waals surface area contributed by atoms with Gasteiger partial charge in [0.2, 0.25) is 5.91 Å². The van der Waals surface area contributed by atoms with Crippen LogP contribution in [0.3, 0.4) is 0 Å². The van der Waals surface area contributed by atoms with E-state index in [0.717, 1.165) is 32.5 Å². The summed E-state index contributed by atoms with van der Waals surface area (Å²) in [6.45, 7) is 5.03. The van der Waals surface area contributed by atoms with Gasteiger partial charge in [0, 0.05) is 18.5 Å². The Morgan fingerprint density at radius 1 is 1.25 bits per heavy atom. The van der Waals surface area contributed by atoms with Gasteiger partial charge in [0.15, 0.2) is 0 Å². The van der Waals surface area contributed by atoms with Crippen LogP contribution in [0.2, 0.25) is 0 Å². The molecule has 2 fully saturated rings. The third-order valence-electron chi connectivity index (χ3n) is 3.83. The van der Waals surface area contributed by atoms with Crippen molar-refractivity contribution in [3.05, 3.63) is 0 Å². The number of nitrogens with zero attached hydrogens (tertiary/aromatic N) is 1. The molecule has 0 bridgehead atoms. The molecule has 0 aromatic carbocycles. The van der Waals surface area contributed by atoms with Crippen molar-refractivity contribution in [1.29, 1.82) is 0 Å². The van der Waals surface area contributed by atoms with E-state index in [0.29, 0.717) is 17.9 Å². The molecule has 1 heterocycles. The van der Waals surface area contributed by atoms with E-state index in [1.165, 1.54) is 19.3 Å². The first-order chi connectivity index (χ1) is 7.33. The number of hydrogen-bond donors (Lipinski definition) is 1. The van der Waals surface area contributed by atoms with Gasteiger partial charge >= 0.3 is 0 Å². The summed E-state index contributed by atoms with van der Waals surface area (Å²) in [6.07, 6.45) is 5.82. The Bertz CT molecular complexity index is 225. The second-order valence-corrected chi connectivity index (χ2v) is 4.73. The molecule has 0 aromatic heterocycles. The molecule has 1 amide bonds. The minimum atomic E-state index is 0. The van der Waals surface area contributed by atoms with E-state index >= 15 is 0 Å². The highest BCUT2D eigenvalue weighted by molar-refractivity contribution is 5.85. The minimum Gasteiger partial charge on any atom is -0.340 e. The third-order valence-corrected chi connectivity index (χ3v) is 3.83. The zero-order valence-corrected chi connectivity index (χ0v) is 10.9. The van der Waals surface area contributed by atoms with Crippen molar-refractivity contribution in [2.45, 2.75) is 45.1 Å². The highest BCUT2D eigenvalue weighted by Crippen LogP contribution is 2.27. The van der Waals surface area contributed by atoms with Gasteiger partial charge in [-0.1, -0.05) is 0 Å². The Labute approximate surface area is 104 Å². The lowest BCUT2D eigenvalue weighted by Crippen LogP contribution is -2.48. The maximum atomic E-state index is 12.3. The molecule has 1 N–H and O–H groups in total. The molecule has 3 nitrogen and oxygen atoms in total. The predicted octanol–water partition coefficient (Wildman–Crippen LogP) is 1.81. The topological polar surface area (TPSA) is 32.3 Å². The molecule has 2 rings (SSSR count). The maximum absolute atomic E-state index is 12.3. The van der Waals surface area contributed by atoms with Crippen LogP contribution in [0.15, 0.2) is 0 Å². The number of nitrogens with one attached hydrogen (secondary N) is 1. The average Bonchev–Trinajstić information content (AvgIpc) is 2.23. The zero-order chi connectivity index (χ0) is 10.7. The minimum absolute atomic E-state index is 0. The number of amides is 1. The van der Waals surface area contributed by atoms with Crippen LogP contribution in [0.5, 0.6) is 0 Å². The first-order valence-corrected chi connectivity index (χ1v) is 6.34. The van der Waals surface area contributed by atoms with Gasteiger partial charge in [0.05, 0.1) is 0 Å². The number of hydrogen-bond acceptors (Lipinski definition) is 2. The highest BCUT2D eigenvalue weighted by Gasteiger charge is 2.32. The standard InChI is InChI=1S/C12H22N2O.ClH/c1-2-14(11-4-3-5-11)12(15)10-6-8-13-9-7-10;/h10-11,13H,2-9H2,1H3;1H. The smallest absolute Gasteiger partial charge is 0.226 e. The molecule has 94 valence electrons. The largest absolute Gasteiger partial charge is 0.340 e. The Kier molecular flexibility index (Phi) is 5.56. The number of rotatable bonds is 3. The van der Waals surface area contributed by atoms with Gasteiger partial charge in [0.25, 0.3) is 0 Å². The fraction of sp³-hybridized carbons (Fsp3) is 0.917. The van der Waals surface area contributed by atoms with E-state index in [4.69, 9.17) is 0 Å². The lowest BCUT2D eigenvalue weighted by Gasteiger charge is -2.39. The lowest BCUT2D eigenvalue weighted by atomic mass is 9.89. The van der Waals surface area contributed by atoms with Gasteiger partial charge in [-0.2, -0.15) is 0 Å². The fourth-order valence-electron chi connectivity index (χ4n) is 2.60. The highest BCUT2D eigenvalue weighted by atomic mass is 35.5. The van der Waals surface area contributed by atoms with Crippen molar-refractivity contribution in [1.82, 2.24) is 10.2 Å². The normalized spacial score (nSPS) is 22.1. The van der Waals surface area contributed by atoms with Crippen LogP contribution >= 0.6 is 12.4 Å². The van der Waals surface area contributed by atoms with Gasteiger partial charge in [-0.15, -0.1) is 12.4 Å². The van der Waals surface area contributed by atoms with Crippen molar-refractivity contribution < 1.29 is 4.79 Å². The molecule has 1 saturated carbocycles. The molecule has 1 saturated heterocycles. The summed E-state index contributed by atoms with van der Waals surface area (Å²) in [5.74, 6) is 0.718. The molecule has 1 aliphatic heterocycles. The Hall–Kier alpha value is -0.280. The van der Waals surface area contributed by atoms with Crippen molar-refractivity contribution in [3.63, 3.8) is 0 Å². The van der Waals surface area contributed by atoms with Gasteiger partial charge in [-0.05, 0) is 52.1 Å². The number of carbonyl (C=O) groups excluding carboxylic acids is 1. The zero-order valence-electron chi connectivity index (χ0n) is 10.1. The van der Waals surface area contributed by atoms with Crippen molar-refractivity contribution >= 4 is 18.3 Å². The van der Waals surface area contributed by atoms with Gasteiger partial charge in [0.1, 0.15) is 0 Å². The summed E-state index contributed by atoms with van der Waals surface area (Å²) in [6, 6.07) is 0.567. The Morgan fingerprint density at radius 3 is 2.31 bits per heavy atom. The Balaban J connectivity index is 0.00000128. The molecular weight excluding hydrogens is 224 g/mol. The van der Waals surface area contributed by atoms with E-state index in [1.54, 1.807) is 0 Å². The number of halogens is 1.